The van der Waals surface area contributed by atoms with Gasteiger partial charge in [0.05, 0.1) is 18.8 Å². The molecule has 2 aliphatic rings. The molecule has 1 saturated heterocycles. The quantitative estimate of drug-likeness (QED) is 0.261. The highest BCUT2D eigenvalue weighted by molar-refractivity contribution is 5.94. The number of anilines is 2. The molecule has 3 amide bonds. The van der Waals surface area contributed by atoms with Crippen molar-refractivity contribution >= 4 is 29.4 Å². The van der Waals surface area contributed by atoms with Gasteiger partial charge in [-0.25, -0.2) is 4.79 Å². The molecule has 46 heavy (non-hydrogen) atoms. The largest absolute Gasteiger partial charge is 0.444 e. The predicted octanol–water partition coefficient (Wildman–Crippen LogP) is 5.26. The van der Waals surface area contributed by atoms with Gasteiger partial charge in [0.2, 0.25) is 5.91 Å². The molecule has 5 rings (SSSR count). The van der Waals surface area contributed by atoms with Crippen LogP contribution in [0.4, 0.5) is 16.3 Å². The van der Waals surface area contributed by atoms with Crippen LogP contribution < -0.4 is 20.9 Å². The van der Waals surface area contributed by atoms with Crippen molar-refractivity contribution in [3.05, 3.63) is 65.9 Å². The minimum absolute atomic E-state index is 0.0174. The van der Waals surface area contributed by atoms with Crippen molar-refractivity contribution in [1.29, 1.82) is 0 Å². The second kappa shape index (κ2) is 14.4. The SMILES string of the molecule is COCCNC(=O)[C@@H]1C[C@@H]2CCCC[C@@H]2N1c1cc(CNC(=O)c2ccc(-c3ccc(NC(=O)OC(C)(C)C)cc3)cc2)n(C)n1. The third kappa shape index (κ3) is 8.06. The number of rotatable bonds is 10. The number of nitrogens with one attached hydrogen (secondary N) is 3. The first kappa shape index (κ1) is 33.0. The first-order chi connectivity index (χ1) is 22.0. The van der Waals surface area contributed by atoms with Gasteiger partial charge in [-0.1, -0.05) is 37.1 Å². The summed E-state index contributed by atoms with van der Waals surface area (Å²) in [6.45, 7) is 6.72. The van der Waals surface area contributed by atoms with Crippen LogP contribution in [0.2, 0.25) is 0 Å². The molecule has 3 aromatic rings. The molecule has 2 heterocycles. The van der Waals surface area contributed by atoms with E-state index in [-0.39, 0.29) is 17.9 Å². The number of aromatic nitrogens is 2. The van der Waals surface area contributed by atoms with Crippen molar-refractivity contribution in [2.75, 3.05) is 30.5 Å². The van der Waals surface area contributed by atoms with Crippen molar-refractivity contribution < 1.29 is 23.9 Å². The highest BCUT2D eigenvalue weighted by atomic mass is 16.6. The zero-order valence-electron chi connectivity index (χ0n) is 27.5. The molecule has 1 aliphatic heterocycles. The van der Waals surface area contributed by atoms with Crippen molar-refractivity contribution in [3.8, 4) is 11.1 Å². The molecule has 1 aliphatic carbocycles. The van der Waals surface area contributed by atoms with E-state index in [1.807, 2.05) is 70.3 Å². The van der Waals surface area contributed by atoms with E-state index < -0.39 is 11.7 Å². The lowest BCUT2D eigenvalue weighted by molar-refractivity contribution is -0.122. The third-order valence-corrected chi connectivity index (χ3v) is 8.67. The third-order valence-electron chi connectivity index (χ3n) is 8.67. The van der Waals surface area contributed by atoms with Crippen LogP contribution in [0.25, 0.3) is 11.1 Å². The Kier molecular flexibility index (Phi) is 10.3. The number of nitrogens with zero attached hydrogens (tertiary/aromatic N) is 3. The molecule has 1 saturated carbocycles. The molecule has 0 spiro atoms. The highest BCUT2D eigenvalue weighted by Crippen LogP contribution is 2.42. The molecule has 11 heteroatoms. The number of hydrogen-bond acceptors (Lipinski definition) is 7. The topological polar surface area (TPSA) is 127 Å². The minimum Gasteiger partial charge on any atom is -0.444 e. The molecule has 11 nitrogen and oxygen atoms in total. The van der Waals surface area contributed by atoms with Gasteiger partial charge in [-0.05, 0) is 81.3 Å². The van der Waals surface area contributed by atoms with E-state index in [1.165, 1.54) is 6.42 Å². The molecular formula is C35H46N6O5. The van der Waals surface area contributed by atoms with Gasteiger partial charge < -0.3 is 25.0 Å². The Morgan fingerprint density at radius 2 is 1.63 bits per heavy atom. The zero-order chi connectivity index (χ0) is 32.8. The minimum atomic E-state index is -0.571. The van der Waals surface area contributed by atoms with Crippen LogP contribution >= 0.6 is 0 Å². The molecule has 3 N–H and O–H groups in total. The van der Waals surface area contributed by atoms with Gasteiger partial charge in [0.15, 0.2) is 5.82 Å². The zero-order valence-corrected chi connectivity index (χ0v) is 27.5. The number of ether oxygens (including phenoxy) is 2. The summed E-state index contributed by atoms with van der Waals surface area (Å²) >= 11 is 0. The lowest BCUT2D eigenvalue weighted by atomic mass is 9.84. The summed E-state index contributed by atoms with van der Waals surface area (Å²) in [5.41, 5.74) is 3.38. The Balaban J connectivity index is 1.20. The van der Waals surface area contributed by atoms with E-state index in [0.717, 1.165) is 48.3 Å². The van der Waals surface area contributed by atoms with Gasteiger partial charge in [-0.3, -0.25) is 19.6 Å². The molecule has 0 bridgehead atoms. The summed E-state index contributed by atoms with van der Waals surface area (Å²) < 4.78 is 12.2. The molecule has 0 unspecified atom stereocenters. The number of carbonyl (C=O) groups excluding carboxylic acids is 3. The summed E-state index contributed by atoms with van der Waals surface area (Å²) in [5.74, 6) is 1.09. The first-order valence-electron chi connectivity index (χ1n) is 16.1. The van der Waals surface area contributed by atoms with Crippen LogP contribution in [0, 0.1) is 5.92 Å². The molecule has 1 aromatic heterocycles. The normalized spacial score (nSPS) is 19.3. The maximum atomic E-state index is 13.2. The Hall–Kier alpha value is -4.38. The number of carbonyl (C=O) groups is 3. The molecule has 2 fully saturated rings. The standard InChI is InChI=1S/C35H46N6O5/c1-35(2,3)46-34(44)38-27-16-14-24(15-17-27)23-10-12-25(13-11-23)32(42)37-22-28-21-31(39-40(28)4)41-29-9-7-6-8-26(29)20-30(41)33(43)36-18-19-45-5/h10-17,21,26,29-30H,6-9,18-20,22H2,1-5H3,(H,36,43)(H,37,42)(H,38,44)/t26-,29-,30-/m0/s1. The van der Waals surface area contributed by atoms with E-state index >= 15 is 0 Å². The van der Waals surface area contributed by atoms with E-state index in [9.17, 15) is 14.4 Å². The smallest absolute Gasteiger partial charge is 0.412 e. The van der Waals surface area contributed by atoms with E-state index in [4.69, 9.17) is 14.6 Å². The number of fused-ring (bicyclic) bond motifs is 1. The molecular weight excluding hydrogens is 584 g/mol. The molecule has 246 valence electrons. The molecule has 0 radical (unpaired) electrons. The van der Waals surface area contributed by atoms with Gasteiger partial charge >= 0.3 is 6.09 Å². The number of methoxy groups -OCH3 is 1. The van der Waals surface area contributed by atoms with Gasteiger partial charge in [-0.2, -0.15) is 5.10 Å². The predicted molar refractivity (Wildman–Crippen MR) is 178 cm³/mol. The van der Waals surface area contributed by atoms with Gasteiger partial charge in [0.25, 0.3) is 5.91 Å². The van der Waals surface area contributed by atoms with E-state index in [1.54, 1.807) is 23.9 Å². The lowest BCUT2D eigenvalue weighted by Gasteiger charge is -2.33. The van der Waals surface area contributed by atoms with Crippen LogP contribution in [0.1, 0.15) is 68.9 Å². The number of hydrogen-bond donors (Lipinski definition) is 3. The fourth-order valence-electron chi connectivity index (χ4n) is 6.45. The first-order valence-corrected chi connectivity index (χ1v) is 16.1. The summed E-state index contributed by atoms with van der Waals surface area (Å²) in [6.07, 6.45) is 4.87. The second-order valence-corrected chi connectivity index (χ2v) is 13.1. The highest BCUT2D eigenvalue weighted by Gasteiger charge is 2.46. The maximum Gasteiger partial charge on any atom is 0.412 e. The van der Waals surface area contributed by atoms with Gasteiger partial charge in [-0.15, -0.1) is 0 Å². The Morgan fingerprint density at radius 1 is 0.957 bits per heavy atom. The van der Waals surface area contributed by atoms with Crippen LogP contribution in [0.5, 0.6) is 0 Å². The van der Waals surface area contributed by atoms with E-state index in [2.05, 4.69) is 20.9 Å². The monoisotopic (exact) mass is 630 g/mol. The van der Waals surface area contributed by atoms with Crippen LogP contribution in [-0.2, 0) is 27.9 Å². The van der Waals surface area contributed by atoms with Crippen LogP contribution in [0.15, 0.2) is 54.6 Å². The summed E-state index contributed by atoms with van der Waals surface area (Å²) in [4.78, 5) is 40.5. The Labute approximate surface area is 271 Å². The second-order valence-electron chi connectivity index (χ2n) is 13.1. The molecule has 3 atom stereocenters. The van der Waals surface area contributed by atoms with Gasteiger partial charge in [0, 0.05) is 44.1 Å². The van der Waals surface area contributed by atoms with Crippen molar-refractivity contribution in [2.45, 2.75) is 77.1 Å². The number of benzene rings is 2. The number of amides is 3. The number of aryl methyl sites for hydroxylation is 1. The lowest BCUT2D eigenvalue weighted by Crippen LogP contribution is -2.47. The Bertz CT molecular complexity index is 1510. The average Bonchev–Trinajstić information content (AvgIpc) is 3.59. The average molecular weight is 631 g/mol. The van der Waals surface area contributed by atoms with Crippen LogP contribution in [-0.4, -0.2) is 65.6 Å². The summed E-state index contributed by atoms with van der Waals surface area (Å²) in [5, 5.41) is 13.6. The maximum absolute atomic E-state index is 13.2. The summed E-state index contributed by atoms with van der Waals surface area (Å²) in [7, 11) is 3.50. The van der Waals surface area contributed by atoms with Gasteiger partial charge in [0.1, 0.15) is 11.6 Å². The Morgan fingerprint density at radius 3 is 2.30 bits per heavy atom. The van der Waals surface area contributed by atoms with E-state index in [0.29, 0.717) is 42.9 Å². The molecule has 2 aromatic carbocycles. The fourth-order valence-corrected chi connectivity index (χ4v) is 6.45. The van der Waals surface area contributed by atoms with Crippen molar-refractivity contribution in [2.24, 2.45) is 13.0 Å². The van der Waals surface area contributed by atoms with Crippen molar-refractivity contribution in [3.63, 3.8) is 0 Å². The fraction of sp³-hybridized carbons (Fsp3) is 0.486. The van der Waals surface area contributed by atoms with Crippen molar-refractivity contribution in [1.82, 2.24) is 20.4 Å². The summed E-state index contributed by atoms with van der Waals surface area (Å²) in [6, 6.07) is 16.9. The van der Waals surface area contributed by atoms with Crippen LogP contribution in [0.3, 0.4) is 0 Å².